The average molecular weight is 432 g/mol. The molecule has 1 N–H and O–H groups in total. The van der Waals surface area contributed by atoms with Crippen molar-refractivity contribution < 1.29 is 4.79 Å². The second kappa shape index (κ2) is 8.17. The smallest absolute Gasteiger partial charge is 0.261 e. The van der Waals surface area contributed by atoms with E-state index in [4.69, 9.17) is 0 Å². The highest BCUT2D eigenvalue weighted by Gasteiger charge is 2.13. The molecule has 0 saturated carbocycles. The maximum atomic E-state index is 12.6. The number of nitrogens with one attached hydrogen (secondary N) is 1. The van der Waals surface area contributed by atoms with Crippen LogP contribution in [-0.2, 0) is 13.1 Å². The largest absolute Gasteiger partial charge is 0.347 e. The van der Waals surface area contributed by atoms with E-state index in [0.29, 0.717) is 18.0 Å². The molecule has 8 heteroatoms. The van der Waals surface area contributed by atoms with Crippen LogP contribution in [0.15, 0.2) is 73.3 Å². The number of nitrogens with zero attached hydrogens (tertiary/aromatic N) is 4. The molecule has 0 bridgehead atoms. The molecule has 5 aromatic rings. The Balaban J connectivity index is 1.21. The van der Waals surface area contributed by atoms with Crippen LogP contribution in [0.1, 0.15) is 20.8 Å². The molecule has 0 aliphatic carbocycles. The minimum absolute atomic E-state index is 0.0703. The van der Waals surface area contributed by atoms with Gasteiger partial charge < -0.3 is 5.32 Å². The van der Waals surface area contributed by atoms with Gasteiger partial charge in [0.25, 0.3) is 5.91 Å². The number of hydrogen-bond donors (Lipinski definition) is 1. The average Bonchev–Trinajstić information content (AvgIpc) is 3.53. The first-order valence-corrected chi connectivity index (χ1v) is 11.0. The highest BCUT2D eigenvalue weighted by Crippen LogP contribution is 2.34. The molecule has 0 fully saturated rings. The predicted octanol–water partition coefficient (Wildman–Crippen LogP) is 4.59. The zero-order valence-corrected chi connectivity index (χ0v) is 17.5. The Labute approximate surface area is 180 Å². The van der Waals surface area contributed by atoms with Crippen LogP contribution in [0.3, 0.4) is 0 Å². The molecular weight excluding hydrogens is 414 g/mol. The van der Waals surface area contributed by atoms with Crippen molar-refractivity contribution in [2.75, 3.05) is 0 Å². The first-order chi connectivity index (χ1) is 14.7. The van der Waals surface area contributed by atoms with Crippen molar-refractivity contribution in [1.29, 1.82) is 0 Å². The maximum Gasteiger partial charge on any atom is 0.261 e. The van der Waals surface area contributed by atoms with Gasteiger partial charge in [0.2, 0.25) is 0 Å². The van der Waals surface area contributed by atoms with Crippen molar-refractivity contribution in [2.45, 2.75) is 13.1 Å². The summed E-state index contributed by atoms with van der Waals surface area (Å²) in [5, 5.41) is 8.06. The summed E-state index contributed by atoms with van der Waals surface area (Å²) in [5.41, 5.74) is 3.17. The van der Waals surface area contributed by atoms with Gasteiger partial charge in [0.05, 0.1) is 26.5 Å². The van der Waals surface area contributed by atoms with Crippen molar-refractivity contribution in [1.82, 2.24) is 25.1 Å². The molecule has 1 amide bonds. The van der Waals surface area contributed by atoms with Crippen LogP contribution in [0.5, 0.6) is 0 Å². The van der Waals surface area contributed by atoms with E-state index in [2.05, 4.69) is 26.4 Å². The minimum Gasteiger partial charge on any atom is -0.347 e. The van der Waals surface area contributed by atoms with Crippen LogP contribution < -0.4 is 5.32 Å². The molecule has 0 atom stereocenters. The quantitative estimate of drug-likeness (QED) is 0.427. The number of carbonyl (C=O) groups is 1. The molecule has 0 unspecified atom stereocenters. The van der Waals surface area contributed by atoms with Gasteiger partial charge in [-0.25, -0.2) is 14.6 Å². The second-order valence-electron chi connectivity index (χ2n) is 6.74. The van der Waals surface area contributed by atoms with Crippen LogP contribution in [0.2, 0.25) is 0 Å². The number of thiophene rings is 1. The Kier molecular flexibility index (Phi) is 5.08. The molecule has 0 aliphatic heterocycles. The van der Waals surface area contributed by atoms with E-state index >= 15 is 0 Å². The first-order valence-electron chi connectivity index (χ1n) is 9.39. The van der Waals surface area contributed by atoms with Gasteiger partial charge in [0.15, 0.2) is 0 Å². The van der Waals surface area contributed by atoms with Crippen molar-refractivity contribution in [3.05, 3.63) is 89.3 Å². The number of carbonyl (C=O) groups excluding carboxylic acids is 1. The van der Waals surface area contributed by atoms with Crippen LogP contribution in [0.25, 0.3) is 20.1 Å². The third-order valence-electron chi connectivity index (χ3n) is 4.62. The number of thiazole rings is 1. The van der Waals surface area contributed by atoms with E-state index < -0.39 is 0 Å². The van der Waals surface area contributed by atoms with Gasteiger partial charge in [-0.15, -0.1) is 22.7 Å². The third kappa shape index (κ3) is 4.00. The Hall–Kier alpha value is -3.36. The van der Waals surface area contributed by atoms with Crippen molar-refractivity contribution in [2.24, 2.45) is 0 Å². The Morgan fingerprint density at radius 1 is 0.967 bits per heavy atom. The summed E-state index contributed by atoms with van der Waals surface area (Å²) >= 11 is 3.11. The number of fused-ring (bicyclic) bond motifs is 1. The van der Waals surface area contributed by atoms with Crippen molar-refractivity contribution in [3.8, 4) is 9.88 Å². The summed E-state index contributed by atoms with van der Waals surface area (Å²) < 4.78 is 2.93. The van der Waals surface area contributed by atoms with Gasteiger partial charge >= 0.3 is 0 Å². The fourth-order valence-corrected chi connectivity index (χ4v) is 5.03. The lowest BCUT2D eigenvalue weighted by Gasteiger charge is -2.06. The lowest BCUT2D eigenvalue weighted by Crippen LogP contribution is -2.21. The van der Waals surface area contributed by atoms with Crippen LogP contribution in [-0.4, -0.2) is 25.7 Å². The monoisotopic (exact) mass is 431 g/mol. The number of benzene rings is 2. The summed E-state index contributed by atoms with van der Waals surface area (Å²) in [7, 11) is 0. The highest BCUT2D eigenvalue weighted by atomic mass is 32.1. The Morgan fingerprint density at radius 2 is 1.80 bits per heavy atom. The Bertz CT molecular complexity index is 1260. The SMILES string of the molecule is O=C(NCc1ccc(Cn2cncn2)cc1)c1ccc(-c2nc3ccccc3s2)s1. The molecule has 5 rings (SSSR count). The normalized spacial score (nSPS) is 11.1. The minimum atomic E-state index is -0.0703. The molecule has 3 aromatic heterocycles. The lowest BCUT2D eigenvalue weighted by molar-refractivity contribution is 0.0955. The maximum absolute atomic E-state index is 12.6. The van der Waals surface area contributed by atoms with E-state index in [1.165, 1.54) is 17.7 Å². The molecule has 3 heterocycles. The van der Waals surface area contributed by atoms with E-state index in [9.17, 15) is 4.79 Å². The zero-order chi connectivity index (χ0) is 20.3. The molecule has 2 aromatic carbocycles. The third-order valence-corrected chi connectivity index (χ3v) is 6.91. The standard InChI is InChI=1S/C22H17N5OS2/c28-21(24-11-15-5-7-16(8-6-15)12-27-14-23-13-25-27)19-9-10-20(29-19)22-26-17-3-1-2-4-18(17)30-22/h1-10,13-14H,11-12H2,(H,24,28). The van der Waals surface area contributed by atoms with Crippen LogP contribution in [0, 0.1) is 0 Å². The number of rotatable bonds is 6. The van der Waals surface area contributed by atoms with E-state index in [0.717, 1.165) is 31.2 Å². The Morgan fingerprint density at radius 3 is 2.60 bits per heavy atom. The molecule has 0 saturated heterocycles. The van der Waals surface area contributed by atoms with Gasteiger partial charge in [-0.3, -0.25) is 4.79 Å². The van der Waals surface area contributed by atoms with Crippen molar-refractivity contribution >= 4 is 38.8 Å². The van der Waals surface area contributed by atoms with Gasteiger partial charge in [-0.2, -0.15) is 5.10 Å². The zero-order valence-electron chi connectivity index (χ0n) is 15.9. The summed E-state index contributed by atoms with van der Waals surface area (Å²) in [4.78, 5) is 22.9. The molecule has 0 spiro atoms. The van der Waals surface area contributed by atoms with E-state index in [-0.39, 0.29) is 5.91 Å². The summed E-state index contributed by atoms with van der Waals surface area (Å²) in [6.07, 6.45) is 3.22. The molecule has 6 nitrogen and oxygen atoms in total. The molecule has 0 aliphatic rings. The van der Waals surface area contributed by atoms with Gasteiger partial charge in [-0.05, 0) is 35.4 Å². The predicted molar refractivity (Wildman–Crippen MR) is 120 cm³/mol. The molecule has 30 heavy (non-hydrogen) atoms. The number of amides is 1. The summed E-state index contributed by atoms with van der Waals surface area (Å²) in [6, 6.07) is 20.0. The van der Waals surface area contributed by atoms with Crippen LogP contribution >= 0.6 is 22.7 Å². The number of para-hydroxylation sites is 1. The van der Waals surface area contributed by atoms with E-state index in [1.807, 2.05) is 54.6 Å². The van der Waals surface area contributed by atoms with Gasteiger partial charge in [-0.1, -0.05) is 36.4 Å². The van der Waals surface area contributed by atoms with Gasteiger partial charge in [0, 0.05) is 6.54 Å². The highest BCUT2D eigenvalue weighted by molar-refractivity contribution is 7.26. The summed E-state index contributed by atoms with van der Waals surface area (Å²) in [5.74, 6) is -0.0703. The molecule has 148 valence electrons. The molecular formula is C22H17N5OS2. The summed E-state index contributed by atoms with van der Waals surface area (Å²) in [6.45, 7) is 1.16. The fourth-order valence-electron chi connectivity index (χ4n) is 3.09. The van der Waals surface area contributed by atoms with Crippen LogP contribution in [0.4, 0.5) is 0 Å². The number of aromatic nitrogens is 4. The van der Waals surface area contributed by atoms with Crippen molar-refractivity contribution in [3.63, 3.8) is 0 Å². The lowest BCUT2D eigenvalue weighted by atomic mass is 10.1. The van der Waals surface area contributed by atoms with Gasteiger partial charge in [0.1, 0.15) is 17.7 Å². The first kappa shape index (κ1) is 18.7. The second-order valence-corrected chi connectivity index (χ2v) is 8.86. The van der Waals surface area contributed by atoms with E-state index in [1.54, 1.807) is 22.3 Å². The topological polar surface area (TPSA) is 72.7 Å². The number of hydrogen-bond acceptors (Lipinski definition) is 6. The fraction of sp³-hybridized carbons (Fsp3) is 0.0909. The molecule has 0 radical (unpaired) electrons.